The predicted molar refractivity (Wildman–Crippen MR) is 341 cm³/mol. The van der Waals surface area contributed by atoms with Crippen LogP contribution in [-0.4, -0.2) is 25.4 Å². The number of hydrogen-bond acceptors (Lipinski definition) is 1. The fraction of sp³-hybridized carbons (Fsp3) is 0.0133. The van der Waals surface area contributed by atoms with Crippen LogP contribution in [0.1, 0.15) is 11.1 Å². The van der Waals surface area contributed by atoms with Gasteiger partial charge in [0.2, 0.25) is 0 Å². The number of hydrogen-bond donors (Lipinski definition) is 2. The Labute approximate surface area is 469 Å². The number of rotatable bonds is 8. The van der Waals surface area contributed by atoms with Crippen molar-refractivity contribution in [2.24, 2.45) is 17.8 Å². The normalized spacial score (nSPS) is 11.7. The summed E-state index contributed by atoms with van der Waals surface area (Å²) in [4.78, 5) is 4.10. The molecule has 6 nitrogen and oxygen atoms in total. The third kappa shape index (κ3) is 8.91. The van der Waals surface area contributed by atoms with Crippen LogP contribution in [0.15, 0.2) is 296 Å². The Morgan fingerprint density at radius 2 is 0.568 bits per heavy atom. The first-order chi connectivity index (χ1) is 39.9. The Balaban J connectivity index is 0.000000298. The summed E-state index contributed by atoms with van der Waals surface area (Å²) in [5, 5.41) is 15.3. The van der Waals surface area contributed by atoms with Crippen molar-refractivity contribution in [1.82, 2.24) is 13.7 Å². The van der Waals surface area contributed by atoms with Crippen LogP contribution in [0.3, 0.4) is 0 Å². The Hall–Kier alpha value is -10.8. The zero-order chi connectivity index (χ0) is 54.4. The summed E-state index contributed by atoms with van der Waals surface area (Å²) in [6.07, 6.45) is 0. The Bertz CT molecular complexity index is 4410. The fourth-order valence-electron chi connectivity index (χ4n) is 11.7. The minimum absolute atomic E-state index is 0.173. The van der Waals surface area contributed by atoms with Gasteiger partial charge in [-0.15, -0.1) is 0 Å². The minimum atomic E-state index is 0.173. The van der Waals surface area contributed by atoms with Crippen LogP contribution in [0, 0.1) is 5.41 Å². The SMILES string of the molecule is Cn1c2cc(-n3c4cc(-c5ccccc5)ccc4c4ccc(-c5ccccc5)cc43)ccc2c2ccc(-n3c4cc(-c5ccccc5)ccc4c4ccc(-c5ccccc5)cc43)cc21.N=C(N=C(N)c1ccccc1)c1ccccc1. The van der Waals surface area contributed by atoms with Gasteiger partial charge < -0.3 is 19.4 Å². The molecule has 0 aliphatic heterocycles. The lowest BCUT2D eigenvalue weighted by Crippen LogP contribution is -2.15. The van der Waals surface area contributed by atoms with E-state index in [1.807, 2.05) is 60.7 Å². The molecule has 3 heterocycles. The Morgan fingerprint density at radius 3 is 0.889 bits per heavy atom. The van der Waals surface area contributed by atoms with E-state index in [9.17, 15) is 0 Å². The zero-order valence-corrected chi connectivity index (χ0v) is 44.6. The van der Waals surface area contributed by atoms with Crippen molar-refractivity contribution >= 4 is 77.1 Å². The largest absolute Gasteiger partial charge is 0.383 e. The molecule has 3 aromatic heterocycles. The van der Waals surface area contributed by atoms with Gasteiger partial charge in [-0.25, -0.2) is 4.99 Å². The molecule has 6 heteroatoms. The first kappa shape index (κ1) is 48.5. The Kier molecular flexibility index (Phi) is 12.3. The van der Waals surface area contributed by atoms with E-state index in [0.29, 0.717) is 5.84 Å². The molecule has 15 aromatic rings. The van der Waals surface area contributed by atoms with Crippen LogP contribution < -0.4 is 5.73 Å². The van der Waals surface area contributed by atoms with Gasteiger partial charge in [0.05, 0.1) is 33.1 Å². The van der Waals surface area contributed by atoms with Crippen molar-refractivity contribution in [2.75, 3.05) is 0 Å². The highest BCUT2D eigenvalue weighted by Gasteiger charge is 2.20. The summed E-state index contributed by atoms with van der Waals surface area (Å²) < 4.78 is 7.33. The van der Waals surface area contributed by atoms with E-state index in [-0.39, 0.29) is 5.84 Å². The van der Waals surface area contributed by atoms with Gasteiger partial charge in [-0.3, -0.25) is 5.41 Å². The van der Waals surface area contributed by atoms with Gasteiger partial charge in [-0.05, 0) is 93.0 Å². The van der Waals surface area contributed by atoms with Gasteiger partial charge in [0.1, 0.15) is 5.84 Å². The van der Waals surface area contributed by atoms with Crippen molar-refractivity contribution in [3.05, 3.63) is 302 Å². The molecule has 3 N–H and O–H groups in total. The minimum Gasteiger partial charge on any atom is -0.383 e. The van der Waals surface area contributed by atoms with Gasteiger partial charge in [0, 0.05) is 61.9 Å². The van der Waals surface area contributed by atoms with E-state index < -0.39 is 0 Å². The number of nitrogens with one attached hydrogen (secondary N) is 1. The van der Waals surface area contributed by atoms with Crippen LogP contribution in [-0.2, 0) is 7.05 Å². The number of benzene rings is 12. The molecule has 0 aliphatic rings. The molecule has 0 aliphatic carbocycles. The summed E-state index contributed by atoms with van der Waals surface area (Å²) in [6.45, 7) is 0. The molecule has 0 saturated carbocycles. The number of aliphatic imine (C=N–C) groups is 1. The topological polar surface area (TPSA) is 77.0 Å². The maximum absolute atomic E-state index is 7.84. The molecule has 0 atom stereocenters. The summed E-state index contributed by atoms with van der Waals surface area (Å²) in [5.74, 6) is 0.534. The number of aromatic nitrogens is 3. The maximum Gasteiger partial charge on any atom is 0.154 e. The van der Waals surface area contributed by atoms with Crippen LogP contribution in [0.25, 0.3) is 121 Å². The van der Waals surface area contributed by atoms with E-state index in [2.05, 4.69) is 256 Å². The first-order valence-corrected chi connectivity index (χ1v) is 27.4. The molecular formula is C75H54N6. The Morgan fingerprint density at radius 1 is 0.296 bits per heavy atom. The summed E-state index contributed by atoms with van der Waals surface area (Å²) >= 11 is 0. The van der Waals surface area contributed by atoms with Crippen LogP contribution in [0.4, 0.5) is 0 Å². The predicted octanol–water partition coefficient (Wildman–Crippen LogP) is 18.6. The number of aryl methyl sites for hydroxylation is 1. The van der Waals surface area contributed by atoms with E-state index in [1.54, 1.807) is 0 Å². The second-order valence-corrected chi connectivity index (χ2v) is 20.6. The second kappa shape index (κ2) is 20.5. The summed E-state index contributed by atoms with van der Waals surface area (Å²) in [6, 6.07) is 103. The quantitative estimate of drug-likeness (QED) is 0.115. The number of amidine groups is 2. The summed E-state index contributed by atoms with van der Waals surface area (Å²) in [7, 11) is 2.22. The van der Waals surface area contributed by atoms with Gasteiger partial charge in [-0.2, -0.15) is 0 Å². The number of nitrogens with zero attached hydrogens (tertiary/aromatic N) is 4. The maximum atomic E-state index is 7.84. The van der Waals surface area contributed by atoms with Crippen molar-refractivity contribution < 1.29 is 0 Å². The molecule has 0 bridgehead atoms. The van der Waals surface area contributed by atoms with E-state index in [1.165, 1.54) is 110 Å². The average Bonchev–Trinajstić information content (AvgIpc) is 4.25. The highest BCUT2D eigenvalue weighted by Crippen LogP contribution is 2.41. The molecule has 81 heavy (non-hydrogen) atoms. The summed E-state index contributed by atoms with van der Waals surface area (Å²) in [5.41, 5.74) is 26.5. The number of fused-ring (bicyclic) bond motifs is 9. The van der Waals surface area contributed by atoms with Crippen molar-refractivity contribution in [3.8, 4) is 55.9 Å². The highest BCUT2D eigenvalue weighted by atomic mass is 15.0. The van der Waals surface area contributed by atoms with Gasteiger partial charge in [0.25, 0.3) is 0 Å². The smallest absolute Gasteiger partial charge is 0.154 e. The lowest BCUT2D eigenvalue weighted by molar-refractivity contribution is 1.01. The van der Waals surface area contributed by atoms with Crippen molar-refractivity contribution in [1.29, 1.82) is 5.41 Å². The van der Waals surface area contributed by atoms with Gasteiger partial charge in [0.15, 0.2) is 5.84 Å². The second-order valence-electron chi connectivity index (χ2n) is 20.6. The molecule has 0 spiro atoms. The van der Waals surface area contributed by atoms with Crippen LogP contribution >= 0.6 is 0 Å². The van der Waals surface area contributed by atoms with Crippen molar-refractivity contribution in [2.45, 2.75) is 0 Å². The van der Waals surface area contributed by atoms with Crippen molar-refractivity contribution in [3.63, 3.8) is 0 Å². The molecule has 0 amide bonds. The first-order valence-electron chi connectivity index (χ1n) is 27.4. The lowest BCUT2D eigenvalue weighted by atomic mass is 10.0. The standard InChI is InChI=1S/C61H41N3.C14H13N3/c1-62-56-38-48(63-58-34-44(40-14-6-2-7-15-40)22-28-52(58)53-29-23-45(35-59(53)63)41-16-8-3-9-17-41)26-32-50(56)51-33-27-49(39-57(51)62)64-60-36-46(42-18-10-4-11-19-42)24-30-54(60)55-31-25-47(37-61(55)64)43-20-12-5-13-21-43;15-13(11-7-3-1-4-8-11)17-14(16)12-9-5-2-6-10-12/h2-39H,1H3;1-10H,(H3,15,16,17). The average molecular weight is 1040 g/mol. The van der Waals surface area contributed by atoms with Gasteiger partial charge >= 0.3 is 0 Å². The molecule has 0 fully saturated rings. The lowest BCUT2D eigenvalue weighted by Gasteiger charge is -2.11. The molecule has 12 aromatic carbocycles. The van der Waals surface area contributed by atoms with Crippen LogP contribution in [0.5, 0.6) is 0 Å². The molecule has 0 saturated heterocycles. The third-order valence-corrected chi connectivity index (χ3v) is 15.8. The highest BCUT2D eigenvalue weighted by molar-refractivity contribution is 6.15. The third-order valence-electron chi connectivity index (χ3n) is 15.8. The van der Waals surface area contributed by atoms with E-state index in [4.69, 9.17) is 11.1 Å². The molecule has 15 rings (SSSR count). The molecule has 0 unspecified atom stereocenters. The number of nitrogens with two attached hydrogens (primary N) is 1. The molecular weight excluding hydrogens is 985 g/mol. The molecule has 384 valence electrons. The van der Waals surface area contributed by atoms with E-state index in [0.717, 1.165) is 22.5 Å². The molecule has 0 radical (unpaired) electrons. The zero-order valence-electron chi connectivity index (χ0n) is 44.6. The van der Waals surface area contributed by atoms with E-state index >= 15 is 0 Å². The van der Waals surface area contributed by atoms with Gasteiger partial charge in [-0.1, -0.05) is 243 Å². The monoisotopic (exact) mass is 1040 g/mol. The fourth-order valence-corrected chi connectivity index (χ4v) is 11.7. The van der Waals surface area contributed by atoms with Crippen LogP contribution in [0.2, 0.25) is 0 Å².